The Morgan fingerprint density at radius 3 is 2.41 bits per heavy atom. The summed E-state index contributed by atoms with van der Waals surface area (Å²) in [6.07, 6.45) is 1.79. The Kier molecular flexibility index (Phi) is 4.25. The lowest BCUT2D eigenvalue weighted by Gasteiger charge is -2.00. The molecule has 7 nitrogen and oxygen atoms in total. The van der Waals surface area contributed by atoms with Crippen LogP contribution in [0.3, 0.4) is 0 Å². The molecule has 0 bridgehead atoms. The molecule has 0 aliphatic heterocycles. The lowest BCUT2D eigenvalue weighted by atomic mass is 10.2. The number of halogens is 1. The van der Waals surface area contributed by atoms with Crippen molar-refractivity contribution in [2.24, 2.45) is 0 Å². The van der Waals surface area contributed by atoms with Gasteiger partial charge in [-0.15, -0.1) is 0 Å². The molecule has 0 spiro atoms. The normalized spacial score (nSPS) is 10.8. The van der Waals surface area contributed by atoms with E-state index in [1.807, 2.05) is 24.3 Å². The molecule has 0 radical (unpaired) electrons. The van der Waals surface area contributed by atoms with Crippen molar-refractivity contribution in [3.63, 3.8) is 0 Å². The quantitative estimate of drug-likeness (QED) is 0.597. The van der Waals surface area contributed by atoms with Gasteiger partial charge in [0.15, 0.2) is 5.16 Å². The van der Waals surface area contributed by atoms with Gasteiger partial charge in [-0.05, 0) is 17.7 Å². The van der Waals surface area contributed by atoms with E-state index in [0.29, 0.717) is 11.6 Å². The van der Waals surface area contributed by atoms with E-state index in [9.17, 15) is 0 Å². The van der Waals surface area contributed by atoms with E-state index in [2.05, 4.69) is 40.8 Å². The number of hydrogen-bond acceptors (Lipinski definition) is 7. The van der Waals surface area contributed by atoms with Crippen LogP contribution in [0.25, 0.3) is 11.3 Å². The highest BCUT2D eigenvalue weighted by molar-refractivity contribution is 9.10. The number of nitrogens with two attached hydrogens (primary N) is 2. The fraction of sp³-hybridized carbons (Fsp3) is 0.0769. The van der Waals surface area contributed by atoms with Gasteiger partial charge in [-0.2, -0.15) is 15.0 Å². The van der Waals surface area contributed by atoms with E-state index in [4.69, 9.17) is 11.5 Å². The first kappa shape index (κ1) is 14.8. The number of benzene rings is 1. The Morgan fingerprint density at radius 2 is 1.73 bits per heavy atom. The highest BCUT2D eigenvalue weighted by Gasteiger charge is 2.07. The molecule has 3 rings (SSSR count). The minimum atomic E-state index is 0.123. The second-order valence-corrected chi connectivity index (χ2v) is 6.25. The molecule has 2 heterocycles. The highest BCUT2D eigenvalue weighted by Crippen LogP contribution is 2.24. The van der Waals surface area contributed by atoms with Crippen molar-refractivity contribution in [2.75, 3.05) is 11.5 Å². The van der Waals surface area contributed by atoms with Crippen molar-refractivity contribution in [1.82, 2.24) is 24.9 Å². The molecule has 0 aliphatic rings. The van der Waals surface area contributed by atoms with Crippen molar-refractivity contribution >= 4 is 39.6 Å². The summed E-state index contributed by atoms with van der Waals surface area (Å²) in [6, 6.07) is 8.00. The topological polar surface area (TPSA) is 119 Å². The molecule has 0 saturated heterocycles. The van der Waals surface area contributed by atoms with Crippen LogP contribution in [0.1, 0.15) is 5.82 Å². The summed E-state index contributed by atoms with van der Waals surface area (Å²) in [5.41, 5.74) is 13.1. The lowest BCUT2D eigenvalue weighted by molar-refractivity contribution is 0.980. The number of nitrogens with zero attached hydrogens (tertiary/aromatic N) is 4. The second-order valence-electron chi connectivity index (χ2n) is 4.37. The highest BCUT2D eigenvalue weighted by atomic mass is 79.9. The second kappa shape index (κ2) is 6.32. The van der Waals surface area contributed by atoms with Crippen molar-refractivity contribution in [2.45, 2.75) is 10.9 Å². The van der Waals surface area contributed by atoms with Crippen LogP contribution < -0.4 is 11.5 Å². The number of H-pyrrole nitrogens is 1. The fourth-order valence-corrected chi connectivity index (χ4v) is 2.78. The average molecular weight is 378 g/mol. The van der Waals surface area contributed by atoms with Crippen LogP contribution in [0, 0.1) is 0 Å². The number of aromatic nitrogens is 5. The van der Waals surface area contributed by atoms with Crippen LogP contribution in [-0.2, 0) is 5.75 Å². The van der Waals surface area contributed by atoms with Gasteiger partial charge in [-0.25, -0.2) is 4.98 Å². The Hall–Kier alpha value is -2.13. The molecular weight excluding hydrogens is 366 g/mol. The molecule has 0 amide bonds. The number of hydrogen-bond donors (Lipinski definition) is 3. The molecule has 22 heavy (non-hydrogen) atoms. The monoisotopic (exact) mass is 377 g/mol. The van der Waals surface area contributed by atoms with Gasteiger partial charge >= 0.3 is 0 Å². The van der Waals surface area contributed by atoms with Gasteiger partial charge in [0.1, 0.15) is 5.82 Å². The van der Waals surface area contributed by atoms with Gasteiger partial charge in [-0.1, -0.05) is 39.8 Å². The first-order valence-electron chi connectivity index (χ1n) is 6.30. The van der Waals surface area contributed by atoms with Crippen molar-refractivity contribution < 1.29 is 0 Å². The zero-order chi connectivity index (χ0) is 15.5. The summed E-state index contributed by atoms with van der Waals surface area (Å²) in [7, 11) is 0. The fourth-order valence-electron chi connectivity index (χ4n) is 1.81. The number of thioether (sulfide) groups is 1. The molecule has 0 fully saturated rings. The minimum absolute atomic E-state index is 0.123. The predicted octanol–water partition coefficient (Wildman–Crippen LogP) is 2.48. The lowest BCUT2D eigenvalue weighted by Crippen LogP contribution is -2.05. The maximum absolute atomic E-state index is 5.54. The van der Waals surface area contributed by atoms with Crippen LogP contribution in [-0.4, -0.2) is 24.9 Å². The van der Waals surface area contributed by atoms with Gasteiger partial charge < -0.3 is 16.5 Å². The van der Waals surface area contributed by atoms with E-state index < -0.39 is 0 Å². The number of imidazole rings is 1. The average Bonchev–Trinajstić information content (AvgIpc) is 2.94. The van der Waals surface area contributed by atoms with Crippen molar-refractivity contribution in [3.8, 4) is 11.3 Å². The number of rotatable bonds is 4. The Morgan fingerprint density at radius 1 is 1.05 bits per heavy atom. The van der Waals surface area contributed by atoms with Gasteiger partial charge in [0.25, 0.3) is 0 Å². The number of nitrogen functional groups attached to an aromatic ring is 2. The molecule has 9 heteroatoms. The third-order valence-electron chi connectivity index (χ3n) is 2.76. The third-order valence-corrected chi connectivity index (χ3v) is 4.17. The van der Waals surface area contributed by atoms with Crippen LogP contribution in [0.5, 0.6) is 0 Å². The van der Waals surface area contributed by atoms with E-state index in [-0.39, 0.29) is 11.9 Å². The Bertz CT molecular complexity index is 767. The largest absolute Gasteiger partial charge is 0.368 e. The smallest absolute Gasteiger partial charge is 0.225 e. The molecule has 3 aromatic rings. The Labute approximate surface area is 139 Å². The Balaban J connectivity index is 1.70. The van der Waals surface area contributed by atoms with Crippen LogP contribution in [0.2, 0.25) is 0 Å². The van der Waals surface area contributed by atoms with Crippen molar-refractivity contribution in [3.05, 3.63) is 40.8 Å². The van der Waals surface area contributed by atoms with Gasteiger partial charge in [0.05, 0.1) is 17.6 Å². The summed E-state index contributed by atoms with van der Waals surface area (Å²) in [4.78, 5) is 19.4. The summed E-state index contributed by atoms with van der Waals surface area (Å²) < 4.78 is 1.04. The molecule has 112 valence electrons. The third kappa shape index (κ3) is 3.55. The minimum Gasteiger partial charge on any atom is -0.368 e. The molecule has 0 aliphatic carbocycles. The summed E-state index contributed by atoms with van der Waals surface area (Å²) in [5.74, 6) is 1.28. The van der Waals surface area contributed by atoms with E-state index in [0.717, 1.165) is 20.9 Å². The molecule has 1 aromatic carbocycles. The van der Waals surface area contributed by atoms with Crippen LogP contribution in [0.15, 0.2) is 40.1 Å². The molecule has 2 aromatic heterocycles. The molecule has 0 atom stereocenters. The number of anilines is 2. The number of aromatic amines is 1. The summed E-state index contributed by atoms with van der Waals surface area (Å²) in [6.45, 7) is 0. The first-order valence-corrected chi connectivity index (χ1v) is 8.07. The van der Waals surface area contributed by atoms with E-state index in [1.54, 1.807) is 6.20 Å². The van der Waals surface area contributed by atoms with Gasteiger partial charge in [0, 0.05) is 4.47 Å². The molecule has 5 N–H and O–H groups in total. The van der Waals surface area contributed by atoms with Crippen molar-refractivity contribution in [1.29, 1.82) is 0 Å². The summed E-state index contributed by atoms with van der Waals surface area (Å²) in [5, 5.41) is 0.774. The van der Waals surface area contributed by atoms with E-state index in [1.165, 1.54) is 11.8 Å². The number of nitrogens with one attached hydrogen (secondary N) is 1. The van der Waals surface area contributed by atoms with Crippen LogP contribution >= 0.6 is 27.7 Å². The maximum atomic E-state index is 5.54. The predicted molar refractivity (Wildman–Crippen MR) is 89.9 cm³/mol. The van der Waals surface area contributed by atoms with Crippen LogP contribution in [0.4, 0.5) is 11.9 Å². The maximum Gasteiger partial charge on any atom is 0.225 e. The molecule has 0 saturated carbocycles. The molecule has 0 unspecified atom stereocenters. The van der Waals surface area contributed by atoms with Gasteiger partial charge in [0.2, 0.25) is 11.9 Å². The van der Waals surface area contributed by atoms with Gasteiger partial charge in [-0.3, -0.25) is 0 Å². The summed E-state index contributed by atoms with van der Waals surface area (Å²) >= 11 is 4.89. The SMILES string of the molecule is Nc1nc(N)nc(CSc2ncc(-c3ccc(Br)cc3)[nH]2)n1. The zero-order valence-electron chi connectivity index (χ0n) is 11.3. The zero-order valence-corrected chi connectivity index (χ0v) is 13.7. The first-order chi connectivity index (χ1) is 10.6. The standard InChI is InChI=1S/C13H12BrN7S/c14-8-3-1-7(2-4-8)9-5-17-13(18-9)22-6-10-19-11(15)21-12(16)20-10/h1-5H,6H2,(H,17,18)(H4,15,16,19,20,21). The van der Waals surface area contributed by atoms with E-state index >= 15 is 0 Å². The molecular formula is C13H12BrN7S.